The van der Waals surface area contributed by atoms with Gasteiger partial charge in [0.25, 0.3) is 11.8 Å². The summed E-state index contributed by atoms with van der Waals surface area (Å²) in [6.07, 6.45) is -4.77. The van der Waals surface area contributed by atoms with Crippen LogP contribution in [-0.2, 0) is 11.3 Å². The first-order chi connectivity index (χ1) is 14.0. The zero-order valence-electron chi connectivity index (χ0n) is 16.6. The number of nitrogens with one attached hydrogen (secondary N) is 2. The maximum Gasteiger partial charge on any atom is 0.573 e. The van der Waals surface area contributed by atoms with E-state index in [2.05, 4.69) is 20.4 Å². The molecule has 0 aliphatic heterocycles. The van der Waals surface area contributed by atoms with Crippen molar-refractivity contribution in [2.45, 2.75) is 39.7 Å². The number of ether oxygens (including phenoxy) is 2. The Balaban J connectivity index is 1.76. The van der Waals surface area contributed by atoms with Gasteiger partial charge in [-0.2, -0.15) is 0 Å². The van der Waals surface area contributed by atoms with Crippen molar-refractivity contribution in [1.29, 1.82) is 0 Å². The van der Waals surface area contributed by atoms with Gasteiger partial charge in [-0.3, -0.25) is 9.59 Å². The Kier molecular flexibility index (Phi) is 8.04. The van der Waals surface area contributed by atoms with Crippen molar-refractivity contribution >= 4 is 23.2 Å². The van der Waals surface area contributed by atoms with Crippen LogP contribution in [0.15, 0.2) is 29.6 Å². The van der Waals surface area contributed by atoms with Gasteiger partial charge in [0, 0.05) is 11.4 Å². The average molecular weight is 445 g/mol. The van der Waals surface area contributed by atoms with E-state index in [0.29, 0.717) is 10.9 Å². The van der Waals surface area contributed by atoms with E-state index in [-0.39, 0.29) is 42.3 Å². The molecule has 1 atom stereocenters. The molecule has 1 aromatic heterocycles. The van der Waals surface area contributed by atoms with Crippen LogP contribution in [0.1, 0.15) is 36.3 Å². The number of thiazole rings is 1. The topological polar surface area (TPSA) is 89.6 Å². The van der Waals surface area contributed by atoms with E-state index in [4.69, 9.17) is 4.74 Å². The fourth-order valence-electron chi connectivity index (χ4n) is 2.06. The molecule has 2 aromatic rings. The molecule has 2 rings (SSSR count). The van der Waals surface area contributed by atoms with E-state index < -0.39 is 12.3 Å². The Morgan fingerprint density at radius 2 is 1.77 bits per heavy atom. The number of alkyl halides is 3. The number of carbonyl (C=O) groups is 2. The number of rotatable bonds is 9. The molecule has 164 valence electrons. The van der Waals surface area contributed by atoms with E-state index in [0.717, 1.165) is 12.1 Å². The van der Waals surface area contributed by atoms with Gasteiger partial charge in [0.05, 0.1) is 6.54 Å². The number of amides is 2. The minimum absolute atomic E-state index is 0.00796. The van der Waals surface area contributed by atoms with Gasteiger partial charge < -0.3 is 20.1 Å². The van der Waals surface area contributed by atoms with Crippen LogP contribution in [0.3, 0.4) is 0 Å². The second kappa shape index (κ2) is 10.3. The lowest BCUT2D eigenvalue weighted by Gasteiger charge is -2.16. The van der Waals surface area contributed by atoms with E-state index in [1.807, 2.05) is 20.8 Å². The lowest BCUT2D eigenvalue weighted by molar-refractivity contribution is -0.274. The third kappa shape index (κ3) is 7.90. The first-order valence-corrected chi connectivity index (χ1v) is 9.92. The molecule has 1 heterocycles. The van der Waals surface area contributed by atoms with Crippen LogP contribution >= 0.6 is 11.3 Å². The van der Waals surface area contributed by atoms with Gasteiger partial charge in [0.2, 0.25) is 0 Å². The summed E-state index contributed by atoms with van der Waals surface area (Å²) in [7, 11) is 0. The van der Waals surface area contributed by atoms with Crippen LogP contribution < -0.4 is 20.1 Å². The summed E-state index contributed by atoms with van der Waals surface area (Å²) in [6.45, 7) is 5.70. The van der Waals surface area contributed by atoms with Crippen molar-refractivity contribution in [3.05, 3.63) is 40.3 Å². The molecule has 1 aromatic carbocycles. The number of nitrogens with zero attached hydrogens (tertiary/aromatic N) is 1. The second-order valence-corrected chi connectivity index (χ2v) is 7.66. The summed E-state index contributed by atoms with van der Waals surface area (Å²) in [5, 5.41) is 7.63. The van der Waals surface area contributed by atoms with Crippen molar-refractivity contribution < 1.29 is 32.2 Å². The van der Waals surface area contributed by atoms with Crippen LogP contribution in [-0.4, -0.2) is 35.8 Å². The minimum Gasteiger partial charge on any atom is -0.484 e. The standard InChI is InChI=1S/C19H22F3N3O4S/c1-11(2)12(3)24-18(27)15-10-30-17(25-15)8-23-16(26)9-28-13-4-6-14(7-5-13)29-19(20,21)22/h4-7,10-12H,8-9H2,1-3H3,(H,23,26)(H,24,27)/t12-/m0/s1. The molecule has 0 saturated carbocycles. The van der Waals surface area contributed by atoms with E-state index in [9.17, 15) is 22.8 Å². The predicted octanol–water partition coefficient (Wildman–Crippen LogP) is 3.51. The van der Waals surface area contributed by atoms with Crippen molar-refractivity contribution in [1.82, 2.24) is 15.6 Å². The third-order valence-electron chi connectivity index (χ3n) is 4.01. The minimum atomic E-state index is -4.77. The molecule has 2 amide bonds. The lowest BCUT2D eigenvalue weighted by atomic mass is 10.1. The second-order valence-electron chi connectivity index (χ2n) is 6.72. The number of hydrogen-bond donors (Lipinski definition) is 2. The molecule has 0 aliphatic rings. The molecule has 7 nitrogen and oxygen atoms in total. The molecule has 2 N–H and O–H groups in total. The smallest absolute Gasteiger partial charge is 0.484 e. The molecule has 0 saturated heterocycles. The summed E-state index contributed by atoms with van der Waals surface area (Å²) < 4.78 is 45.3. The van der Waals surface area contributed by atoms with Gasteiger partial charge in [-0.1, -0.05) is 13.8 Å². The van der Waals surface area contributed by atoms with Gasteiger partial charge in [-0.05, 0) is 37.1 Å². The summed E-state index contributed by atoms with van der Waals surface area (Å²) in [5.41, 5.74) is 0.286. The van der Waals surface area contributed by atoms with Gasteiger partial charge in [0.1, 0.15) is 22.2 Å². The van der Waals surface area contributed by atoms with Gasteiger partial charge >= 0.3 is 6.36 Å². The van der Waals surface area contributed by atoms with Gasteiger partial charge in [0.15, 0.2) is 6.61 Å². The largest absolute Gasteiger partial charge is 0.573 e. The van der Waals surface area contributed by atoms with Crippen molar-refractivity contribution in [2.24, 2.45) is 5.92 Å². The number of carbonyl (C=O) groups excluding carboxylic acids is 2. The molecule has 0 unspecified atom stereocenters. The molecule has 0 radical (unpaired) electrons. The van der Waals surface area contributed by atoms with Crippen LogP contribution in [0.25, 0.3) is 0 Å². The SMILES string of the molecule is CC(C)[C@H](C)NC(=O)c1csc(CNC(=O)COc2ccc(OC(F)(F)F)cc2)n1. The van der Waals surface area contributed by atoms with E-state index in [1.165, 1.54) is 23.5 Å². The molecular formula is C19H22F3N3O4S. The third-order valence-corrected chi connectivity index (χ3v) is 4.86. The fraction of sp³-hybridized carbons (Fsp3) is 0.421. The Labute approximate surface area is 175 Å². The molecule has 30 heavy (non-hydrogen) atoms. The lowest BCUT2D eigenvalue weighted by Crippen LogP contribution is -2.36. The van der Waals surface area contributed by atoms with Crippen molar-refractivity contribution in [3.8, 4) is 11.5 Å². The summed E-state index contributed by atoms with van der Waals surface area (Å²) in [5.74, 6) is -0.593. The molecule has 11 heteroatoms. The first-order valence-electron chi connectivity index (χ1n) is 9.04. The molecule has 0 bridgehead atoms. The van der Waals surface area contributed by atoms with Crippen molar-refractivity contribution in [2.75, 3.05) is 6.61 Å². The Morgan fingerprint density at radius 1 is 1.13 bits per heavy atom. The van der Waals surface area contributed by atoms with Crippen LogP contribution in [0.5, 0.6) is 11.5 Å². The Hall–Kier alpha value is -2.82. The Morgan fingerprint density at radius 3 is 2.37 bits per heavy atom. The first kappa shape index (κ1) is 23.5. The normalized spacial score (nSPS) is 12.4. The molecule has 0 spiro atoms. The highest BCUT2D eigenvalue weighted by molar-refractivity contribution is 7.09. The monoisotopic (exact) mass is 445 g/mol. The predicted molar refractivity (Wildman–Crippen MR) is 104 cm³/mol. The summed E-state index contributed by atoms with van der Waals surface area (Å²) >= 11 is 1.24. The number of hydrogen-bond acceptors (Lipinski definition) is 6. The van der Waals surface area contributed by atoms with E-state index >= 15 is 0 Å². The molecular weight excluding hydrogens is 423 g/mol. The fourth-order valence-corrected chi connectivity index (χ4v) is 2.77. The number of aromatic nitrogens is 1. The quantitative estimate of drug-likeness (QED) is 0.617. The summed E-state index contributed by atoms with van der Waals surface area (Å²) in [4.78, 5) is 28.2. The highest BCUT2D eigenvalue weighted by Gasteiger charge is 2.31. The van der Waals surface area contributed by atoms with Crippen molar-refractivity contribution in [3.63, 3.8) is 0 Å². The number of benzene rings is 1. The maximum absolute atomic E-state index is 12.1. The number of halogens is 3. The summed E-state index contributed by atoms with van der Waals surface area (Å²) in [6, 6.07) is 4.70. The zero-order valence-corrected chi connectivity index (χ0v) is 17.4. The van der Waals surface area contributed by atoms with Gasteiger partial charge in [-0.15, -0.1) is 24.5 Å². The zero-order chi connectivity index (χ0) is 22.3. The Bertz CT molecular complexity index is 853. The molecule has 0 aliphatic carbocycles. The highest BCUT2D eigenvalue weighted by atomic mass is 32.1. The van der Waals surface area contributed by atoms with E-state index in [1.54, 1.807) is 5.38 Å². The maximum atomic E-state index is 12.1. The van der Waals surface area contributed by atoms with Gasteiger partial charge in [-0.25, -0.2) is 4.98 Å². The highest BCUT2D eigenvalue weighted by Crippen LogP contribution is 2.24. The molecule has 0 fully saturated rings. The van der Waals surface area contributed by atoms with Crippen LogP contribution in [0, 0.1) is 5.92 Å². The van der Waals surface area contributed by atoms with Crippen LogP contribution in [0.2, 0.25) is 0 Å². The van der Waals surface area contributed by atoms with Crippen LogP contribution in [0.4, 0.5) is 13.2 Å². The average Bonchev–Trinajstić information content (AvgIpc) is 3.13.